The Hall–Kier alpha value is -0.900. The van der Waals surface area contributed by atoms with Crippen LogP contribution in [0.5, 0.6) is 0 Å². The number of nitrogens with one attached hydrogen (secondary N) is 1. The van der Waals surface area contributed by atoms with Crippen molar-refractivity contribution in [2.75, 3.05) is 6.54 Å². The average Bonchev–Trinajstić information content (AvgIpc) is 2.81. The molecule has 0 aliphatic rings. The summed E-state index contributed by atoms with van der Waals surface area (Å²) in [7, 11) is 0. The fourth-order valence-electron chi connectivity index (χ4n) is 2.19. The molecule has 0 spiro atoms. The van der Waals surface area contributed by atoms with Crippen molar-refractivity contribution in [2.45, 2.75) is 71.9 Å². The van der Waals surface area contributed by atoms with Crippen molar-refractivity contribution in [3.05, 3.63) is 12.2 Å². The SMILES string of the molecule is CCCNC(CC)CCCc1ncnn1CCC. The van der Waals surface area contributed by atoms with Gasteiger partial charge in [0.1, 0.15) is 12.2 Å². The maximum atomic E-state index is 4.35. The largest absolute Gasteiger partial charge is 0.314 e. The highest BCUT2D eigenvalue weighted by Gasteiger charge is 2.07. The number of hydrogen-bond donors (Lipinski definition) is 1. The van der Waals surface area contributed by atoms with Gasteiger partial charge in [-0.3, -0.25) is 4.68 Å². The number of rotatable bonds is 10. The van der Waals surface area contributed by atoms with Crippen LogP contribution in [0.2, 0.25) is 0 Å². The Bertz CT molecular complexity index is 308. The summed E-state index contributed by atoms with van der Waals surface area (Å²) in [6.07, 6.45) is 8.68. The van der Waals surface area contributed by atoms with Crippen molar-refractivity contribution in [2.24, 2.45) is 0 Å². The fraction of sp³-hybridized carbons (Fsp3) is 0.857. The Labute approximate surface area is 111 Å². The number of aromatic nitrogens is 3. The van der Waals surface area contributed by atoms with E-state index >= 15 is 0 Å². The minimum absolute atomic E-state index is 0.660. The minimum Gasteiger partial charge on any atom is -0.314 e. The molecular formula is C14H28N4. The van der Waals surface area contributed by atoms with E-state index in [1.54, 1.807) is 6.33 Å². The molecule has 1 heterocycles. The first kappa shape index (κ1) is 15.2. The lowest BCUT2D eigenvalue weighted by atomic mass is 10.1. The van der Waals surface area contributed by atoms with Crippen molar-refractivity contribution in [1.29, 1.82) is 0 Å². The molecule has 0 aliphatic heterocycles. The van der Waals surface area contributed by atoms with Crippen LogP contribution >= 0.6 is 0 Å². The zero-order valence-corrected chi connectivity index (χ0v) is 12.2. The average molecular weight is 252 g/mol. The maximum absolute atomic E-state index is 4.35. The van der Waals surface area contributed by atoms with Gasteiger partial charge in [0.2, 0.25) is 0 Å². The monoisotopic (exact) mass is 252 g/mol. The third kappa shape index (κ3) is 5.17. The molecular weight excluding hydrogens is 224 g/mol. The van der Waals surface area contributed by atoms with Gasteiger partial charge in [-0.1, -0.05) is 20.8 Å². The van der Waals surface area contributed by atoms with E-state index in [0.717, 1.165) is 31.8 Å². The highest BCUT2D eigenvalue weighted by atomic mass is 15.3. The molecule has 1 unspecified atom stereocenters. The third-order valence-electron chi connectivity index (χ3n) is 3.26. The number of hydrogen-bond acceptors (Lipinski definition) is 3. The summed E-state index contributed by atoms with van der Waals surface area (Å²) >= 11 is 0. The van der Waals surface area contributed by atoms with Gasteiger partial charge in [-0.15, -0.1) is 0 Å². The van der Waals surface area contributed by atoms with Gasteiger partial charge in [-0.05, 0) is 38.6 Å². The van der Waals surface area contributed by atoms with Crippen LogP contribution in [0.25, 0.3) is 0 Å². The molecule has 0 aliphatic carbocycles. The molecule has 1 N–H and O–H groups in total. The van der Waals surface area contributed by atoms with Gasteiger partial charge >= 0.3 is 0 Å². The summed E-state index contributed by atoms with van der Waals surface area (Å²) in [4.78, 5) is 4.35. The van der Waals surface area contributed by atoms with Crippen LogP contribution in [-0.4, -0.2) is 27.4 Å². The highest BCUT2D eigenvalue weighted by Crippen LogP contribution is 2.07. The molecule has 1 rings (SSSR count). The molecule has 4 nitrogen and oxygen atoms in total. The summed E-state index contributed by atoms with van der Waals surface area (Å²) in [5, 5.41) is 7.86. The summed E-state index contributed by atoms with van der Waals surface area (Å²) in [5.74, 6) is 1.14. The Kier molecular flexibility index (Phi) is 7.65. The van der Waals surface area contributed by atoms with Crippen LogP contribution in [0, 0.1) is 0 Å². The minimum atomic E-state index is 0.660. The first-order valence-corrected chi connectivity index (χ1v) is 7.41. The van der Waals surface area contributed by atoms with E-state index in [1.807, 2.05) is 4.68 Å². The summed E-state index contributed by atoms with van der Waals surface area (Å²) in [6, 6.07) is 0.660. The smallest absolute Gasteiger partial charge is 0.138 e. The second-order valence-electron chi connectivity index (χ2n) is 4.85. The predicted molar refractivity (Wildman–Crippen MR) is 75.6 cm³/mol. The van der Waals surface area contributed by atoms with Crippen molar-refractivity contribution in [3.8, 4) is 0 Å². The van der Waals surface area contributed by atoms with Crippen LogP contribution < -0.4 is 5.32 Å². The Morgan fingerprint density at radius 3 is 2.78 bits per heavy atom. The van der Waals surface area contributed by atoms with Crippen LogP contribution in [0.3, 0.4) is 0 Å². The van der Waals surface area contributed by atoms with E-state index in [9.17, 15) is 0 Å². The summed E-state index contributed by atoms with van der Waals surface area (Å²) < 4.78 is 2.04. The lowest BCUT2D eigenvalue weighted by molar-refractivity contribution is 0.449. The highest BCUT2D eigenvalue weighted by molar-refractivity contribution is 4.85. The van der Waals surface area contributed by atoms with Crippen LogP contribution in [0.15, 0.2) is 6.33 Å². The topological polar surface area (TPSA) is 42.7 Å². The van der Waals surface area contributed by atoms with Crippen molar-refractivity contribution < 1.29 is 0 Å². The Balaban J connectivity index is 2.28. The molecule has 0 bridgehead atoms. The van der Waals surface area contributed by atoms with Crippen molar-refractivity contribution in [1.82, 2.24) is 20.1 Å². The van der Waals surface area contributed by atoms with Crippen molar-refractivity contribution in [3.63, 3.8) is 0 Å². The van der Waals surface area contributed by atoms with Crippen LogP contribution in [-0.2, 0) is 13.0 Å². The van der Waals surface area contributed by atoms with Crippen LogP contribution in [0.1, 0.15) is 58.7 Å². The van der Waals surface area contributed by atoms with Crippen molar-refractivity contribution >= 4 is 0 Å². The van der Waals surface area contributed by atoms with E-state index in [0.29, 0.717) is 6.04 Å². The number of nitrogens with zero attached hydrogens (tertiary/aromatic N) is 3. The number of aryl methyl sites for hydroxylation is 2. The van der Waals surface area contributed by atoms with Gasteiger partial charge in [-0.2, -0.15) is 5.10 Å². The molecule has 0 saturated heterocycles. The predicted octanol–water partition coefficient (Wildman–Crippen LogP) is 2.79. The molecule has 0 radical (unpaired) electrons. The molecule has 0 amide bonds. The molecule has 18 heavy (non-hydrogen) atoms. The van der Waals surface area contributed by atoms with Crippen LogP contribution in [0.4, 0.5) is 0 Å². The zero-order chi connectivity index (χ0) is 13.2. The Morgan fingerprint density at radius 2 is 2.11 bits per heavy atom. The molecule has 0 aromatic carbocycles. The van der Waals surface area contributed by atoms with E-state index in [1.165, 1.54) is 25.7 Å². The molecule has 1 aromatic rings. The molecule has 0 fully saturated rings. The summed E-state index contributed by atoms with van der Waals surface area (Å²) in [5.41, 5.74) is 0. The molecule has 1 atom stereocenters. The van der Waals surface area contributed by atoms with E-state index in [-0.39, 0.29) is 0 Å². The molecule has 0 saturated carbocycles. The normalized spacial score (nSPS) is 12.8. The van der Waals surface area contributed by atoms with E-state index in [4.69, 9.17) is 0 Å². The summed E-state index contributed by atoms with van der Waals surface area (Å²) in [6.45, 7) is 8.76. The van der Waals surface area contributed by atoms with Gasteiger partial charge in [-0.25, -0.2) is 4.98 Å². The van der Waals surface area contributed by atoms with Gasteiger partial charge in [0.25, 0.3) is 0 Å². The first-order chi connectivity index (χ1) is 8.81. The van der Waals surface area contributed by atoms with E-state index < -0.39 is 0 Å². The van der Waals surface area contributed by atoms with Gasteiger partial charge in [0.15, 0.2) is 0 Å². The van der Waals surface area contributed by atoms with Gasteiger partial charge in [0, 0.05) is 19.0 Å². The second-order valence-corrected chi connectivity index (χ2v) is 4.85. The van der Waals surface area contributed by atoms with Gasteiger partial charge < -0.3 is 5.32 Å². The fourth-order valence-corrected chi connectivity index (χ4v) is 2.19. The lowest BCUT2D eigenvalue weighted by Crippen LogP contribution is -2.29. The molecule has 104 valence electrons. The Morgan fingerprint density at radius 1 is 1.28 bits per heavy atom. The quantitative estimate of drug-likeness (QED) is 0.696. The third-order valence-corrected chi connectivity index (χ3v) is 3.26. The molecule has 1 aromatic heterocycles. The van der Waals surface area contributed by atoms with E-state index in [2.05, 4.69) is 36.2 Å². The lowest BCUT2D eigenvalue weighted by Gasteiger charge is -2.16. The standard InChI is InChI=1S/C14H28N4/c1-4-10-15-13(6-3)8-7-9-14-16-12-17-18(14)11-5-2/h12-13,15H,4-11H2,1-3H3. The maximum Gasteiger partial charge on any atom is 0.138 e. The first-order valence-electron chi connectivity index (χ1n) is 7.41. The second kappa shape index (κ2) is 9.09. The van der Waals surface area contributed by atoms with Gasteiger partial charge in [0.05, 0.1) is 0 Å². The molecule has 4 heteroatoms. The zero-order valence-electron chi connectivity index (χ0n) is 12.2.